The lowest BCUT2D eigenvalue weighted by Crippen LogP contribution is -2.36. The van der Waals surface area contributed by atoms with Gasteiger partial charge in [-0.25, -0.2) is 9.36 Å². The number of H-pyrrole nitrogens is 1. The van der Waals surface area contributed by atoms with Crippen molar-refractivity contribution in [1.29, 1.82) is 0 Å². The second kappa shape index (κ2) is 11.1. The topological polar surface area (TPSA) is 138 Å². The molecule has 1 aliphatic heterocycles. The van der Waals surface area contributed by atoms with Gasteiger partial charge in [0, 0.05) is 18.2 Å². The molecule has 1 aromatic heterocycles. The minimum absolute atomic E-state index is 0.0838. The lowest BCUT2D eigenvalue weighted by Gasteiger charge is -2.24. The third-order valence-corrected chi connectivity index (χ3v) is 6.68. The van der Waals surface area contributed by atoms with E-state index in [-0.39, 0.29) is 18.6 Å². The summed E-state index contributed by atoms with van der Waals surface area (Å²) in [6.07, 6.45) is 0.408. The van der Waals surface area contributed by atoms with Crippen LogP contribution in [0.15, 0.2) is 52.2 Å². The van der Waals surface area contributed by atoms with E-state index < -0.39 is 43.3 Å². The van der Waals surface area contributed by atoms with Crippen LogP contribution in [0.3, 0.4) is 0 Å². The van der Waals surface area contributed by atoms with Gasteiger partial charge >= 0.3 is 19.4 Å². The zero-order valence-electron chi connectivity index (χ0n) is 19.5. The lowest BCUT2D eigenvalue weighted by molar-refractivity contribution is -0.149. The molecule has 34 heavy (non-hydrogen) atoms. The molecule has 12 heteroatoms. The first kappa shape index (κ1) is 25.9. The Labute approximate surface area is 197 Å². The average Bonchev–Trinajstić information content (AvgIpc) is 3.13. The molecule has 1 aliphatic rings. The number of hydrogen-bond acceptors (Lipinski definition) is 8. The highest BCUT2D eigenvalue weighted by Gasteiger charge is 2.38. The van der Waals surface area contributed by atoms with E-state index in [1.165, 1.54) is 23.8 Å². The Morgan fingerprint density at radius 1 is 1.24 bits per heavy atom. The molecule has 0 amide bonds. The molecule has 0 bridgehead atoms. The number of para-hydroxylation sites is 1. The SMILES string of the molecule is CC(C)OC(=O)[C@@H](C)N[P@](=O)(OC[C@@H]1C[C@H](C)[C@H](n2ccc(=O)[nH]c2=O)O1)Oc1ccccc1. The van der Waals surface area contributed by atoms with Gasteiger partial charge in [0.15, 0.2) is 0 Å². The fraction of sp³-hybridized carbons (Fsp3) is 0.500. The number of hydrogen-bond donors (Lipinski definition) is 2. The van der Waals surface area contributed by atoms with E-state index in [4.69, 9.17) is 18.5 Å². The first-order valence-corrected chi connectivity index (χ1v) is 12.5. The van der Waals surface area contributed by atoms with Crippen LogP contribution in [0.4, 0.5) is 0 Å². The number of aromatic nitrogens is 2. The summed E-state index contributed by atoms with van der Waals surface area (Å²) in [6.45, 7) is 6.70. The second-order valence-electron chi connectivity index (χ2n) is 8.41. The second-order valence-corrected chi connectivity index (χ2v) is 10.1. The number of aromatic amines is 1. The predicted molar refractivity (Wildman–Crippen MR) is 123 cm³/mol. The molecule has 1 aromatic carbocycles. The molecule has 0 saturated carbocycles. The summed E-state index contributed by atoms with van der Waals surface area (Å²) in [5.74, 6) is -0.389. The zero-order chi connectivity index (χ0) is 24.9. The van der Waals surface area contributed by atoms with Gasteiger partial charge in [-0.3, -0.25) is 23.7 Å². The summed E-state index contributed by atoms with van der Waals surface area (Å²) in [6, 6.07) is 8.71. The van der Waals surface area contributed by atoms with E-state index in [1.54, 1.807) is 44.2 Å². The maximum atomic E-state index is 13.6. The smallest absolute Gasteiger partial charge is 0.459 e. The Morgan fingerprint density at radius 3 is 2.59 bits per heavy atom. The molecule has 1 saturated heterocycles. The number of nitrogens with zero attached hydrogens (tertiary/aromatic N) is 1. The average molecular weight is 495 g/mol. The van der Waals surface area contributed by atoms with Crippen molar-refractivity contribution in [1.82, 2.24) is 14.6 Å². The van der Waals surface area contributed by atoms with Crippen molar-refractivity contribution >= 4 is 13.7 Å². The molecule has 2 N–H and O–H groups in total. The highest BCUT2D eigenvalue weighted by molar-refractivity contribution is 7.52. The molecule has 2 aromatic rings. The molecule has 0 spiro atoms. The van der Waals surface area contributed by atoms with Gasteiger partial charge < -0.3 is 14.0 Å². The number of carbonyl (C=O) groups is 1. The van der Waals surface area contributed by atoms with E-state index in [0.717, 1.165) is 0 Å². The van der Waals surface area contributed by atoms with Gasteiger partial charge in [0.25, 0.3) is 5.56 Å². The standard InChI is InChI=1S/C22H30N3O8P/c1-14(2)31-21(27)16(4)24-34(29,33-17-8-6-5-7-9-17)30-13-18-12-15(3)20(32-18)25-11-10-19(26)23-22(25)28/h5-11,14-16,18,20H,12-13H2,1-4H3,(H,24,29)(H,23,26,28)/t15-,16+,18-,20+,34-/m0/s1. The van der Waals surface area contributed by atoms with Crippen molar-refractivity contribution in [3.8, 4) is 5.75 Å². The van der Waals surface area contributed by atoms with E-state index >= 15 is 0 Å². The summed E-state index contributed by atoms with van der Waals surface area (Å²) >= 11 is 0. The van der Waals surface area contributed by atoms with Gasteiger partial charge in [0.2, 0.25) is 0 Å². The maximum Gasteiger partial charge on any atom is 0.459 e. The summed E-state index contributed by atoms with van der Waals surface area (Å²) in [4.78, 5) is 37.9. The Balaban J connectivity index is 1.71. The Bertz CT molecular complexity index is 1130. The maximum absolute atomic E-state index is 13.6. The van der Waals surface area contributed by atoms with Crippen LogP contribution < -0.4 is 20.9 Å². The largest absolute Gasteiger partial charge is 0.462 e. The monoisotopic (exact) mass is 495 g/mol. The summed E-state index contributed by atoms with van der Waals surface area (Å²) in [5, 5.41) is 2.63. The van der Waals surface area contributed by atoms with Gasteiger partial charge in [0.05, 0.1) is 18.8 Å². The lowest BCUT2D eigenvalue weighted by atomic mass is 10.1. The predicted octanol–water partition coefficient (Wildman–Crippen LogP) is 2.59. The van der Waals surface area contributed by atoms with Crippen LogP contribution in [-0.2, 0) is 23.4 Å². The molecular formula is C22H30N3O8P. The van der Waals surface area contributed by atoms with Crippen molar-refractivity contribution in [3.05, 3.63) is 63.4 Å². The van der Waals surface area contributed by atoms with Crippen LogP contribution in [0.1, 0.15) is 40.3 Å². The fourth-order valence-electron chi connectivity index (χ4n) is 3.51. The molecule has 186 valence electrons. The molecule has 0 radical (unpaired) electrons. The van der Waals surface area contributed by atoms with Crippen LogP contribution >= 0.6 is 7.75 Å². The number of rotatable bonds is 10. The van der Waals surface area contributed by atoms with Crippen molar-refractivity contribution in [2.45, 2.75) is 58.6 Å². The van der Waals surface area contributed by atoms with Crippen LogP contribution in [0.5, 0.6) is 5.75 Å². The number of carbonyl (C=O) groups excluding carboxylic acids is 1. The van der Waals surface area contributed by atoms with Crippen molar-refractivity contribution in [3.63, 3.8) is 0 Å². The molecule has 0 unspecified atom stereocenters. The summed E-state index contributed by atoms with van der Waals surface area (Å²) in [7, 11) is -4.02. The first-order valence-electron chi connectivity index (χ1n) is 11.0. The normalized spacial score (nSPS) is 22.8. The highest BCUT2D eigenvalue weighted by atomic mass is 31.2. The minimum atomic E-state index is -4.02. The molecule has 2 heterocycles. The van der Waals surface area contributed by atoms with E-state index in [1.807, 2.05) is 6.92 Å². The van der Waals surface area contributed by atoms with Gasteiger partial charge in [-0.05, 0) is 39.3 Å². The fourth-order valence-corrected chi connectivity index (χ4v) is 5.03. The van der Waals surface area contributed by atoms with Gasteiger partial charge in [0.1, 0.15) is 18.0 Å². The van der Waals surface area contributed by atoms with Crippen molar-refractivity contribution in [2.24, 2.45) is 5.92 Å². The Kier molecular flexibility index (Phi) is 8.48. The molecule has 0 aliphatic carbocycles. The molecule has 11 nitrogen and oxygen atoms in total. The molecule has 3 rings (SSSR count). The van der Waals surface area contributed by atoms with Crippen molar-refractivity contribution in [2.75, 3.05) is 6.61 Å². The molecular weight excluding hydrogens is 465 g/mol. The quantitative estimate of drug-likeness (QED) is 0.376. The molecule has 1 fully saturated rings. The van der Waals surface area contributed by atoms with Crippen LogP contribution in [0, 0.1) is 5.92 Å². The number of nitrogens with one attached hydrogen (secondary N) is 2. The number of ether oxygens (including phenoxy) is 2. The van der Waals surface area contributed by atoms with Crippen molar-refractivity contribution < 1.29 is 27.9 Å². The highest BCUT2D eigenvalue weighted by Crippen LogP contribution is 2.46. The Hall–Kier alpha value is -2.72. The van der Waals surface area contributed by atoms with E-state index in [0.29, 0.717) is 12.2 Å². The van der Waals surface area contributed by atoms with Crippen LogP contribution in [-0.4, -0.2) is 40.4 Å². The first-order chi connectivity index (χ1) is 16.1. The van der Waals surface area contributed by atoms with Crippen LogP contribution in [0.25, 0.3) is 0 Å². The van der Waals surface area contributed by atoms with Gasteiger partial charge in [-0.2, -0.15) is 5.09 Å². The third kappa shape index (κ3) is 6.89. The van der Waals surface area contributed by atoms with Crippen LogP contribution in [0.2, 0.25) is 0 Å². The molecule has 5 atom stereocenters. The number of benzene rings is 1. The van der Waals surface area contributed by atoms with E-state index in [9.17, 15) is 18.9 Å². The van der Waals surface area contributed by atoms with Gasteiger partial charge in [-0.1, -0.05) is 25.1 Å². The Morgan fingerprint density at radius 2 is 1.94 bits per heavy atom. The minimum Gasteiger partial charge on any atom is -0.462 e. The summed E-state index contributed by atoms with van der Waals surface area (Å²) in [5.41, 5.74) is -1.08. The number of esters is 1. The van der Waals surface area contributed by atoms with Gasteiger partial charge in [-0.15, -0.1) is 0 Å². The third-order valence-electron chi connectivity index (χ3n) is 5.04. The zero-order valence-corrected chi connectivity index (χ0v) is 20.4. The summed E-state index contributed by atoms with van der Waals surface area (Å²) < 4.78 is 37.3. The van der Waals surface area contributed by atoms with E-state index in [2.05, 4.69) is 10.1 Å².